The number of hydrogen-bond acceptors (Lipinski definition) is 1. The highest BCUT2D eigenvalue weighted by Crippen LogP contribution is 2.36. The molecular weight excluding hydrogens is 189 g/mol. The third-order valence-electron chi connectivity index (χ3n) is 4.23. The van der Waals surface area contributed by atoms with E-state index >= 15 is 0 Å². The Bertz CT molecular complexity index is 195. The Balaban J connectivity index is 1.99. The molecule has 2 unspecified atom stereocenters. The number of rotatable bonds is 1. The van der Waals surface area contributed by atoms with E-state index in [1.165, 1.54) is 38.5 Å². The minimum atomic E-state index is -0.965. The molecule has 0 bridgehead atoms. The second-order valence-corrected chi connectivity index (χ2v) is 5.57. The van der Waals surface area contributed by atoms with Gasteiger partial charge < -0.3 is 5.32 Å². The fraction of sp³-hybridized carbons (Fsp3) is 1.00. The Labute approximate surface area is 92.8 Å². The minimum absolute atomic E-state index is 0.129. The van der Waals surface area contributed by atoms with Gasteiger partial charge in [0.1, 0.15) is 5.67 Å². The van der Waals surface area contributed by atoms with Crippen molar-refractivity contribution in [3.05, 3.63) is 0 Å². The van der Waals surface area contributed by atoms with Crippen LogP contribution in [-0.4, -0.2) is 18.3 Å². The SMILES string of the molecule is CC1(F)CCCNC1C1CCCCCC1. The molecule has 1 N–H and O–H groups in total. The molecule has 1 saturated heterocycles. The molecule has 0 amide bonds. The summed E-state index contributed by atoms with van der Waals surface area (Å²) >= 11 is 0. The van der Waals surface area contributed by atoms with Gasteiger partial charge in [0.05, 0.1) is 0 Å². The topological polar surface area (TPSA) is 12.0 Å². The zero-order valence-electron chi connectivity index (χ0n) is 9.90. The lowest BCUT2D eigenvalue weighted by atomic mass is 9.78. The predicted octanol–water partition coefficient (Wildman–Crippen LogP) is 3.44. The van der Waals surface area contributed by atoms with Gasteiger partial charge in [-0.15, -0.1) is 0 Å². The summed E-state index contributed by atoms with van der Waals surface area (Å²) in [7, 11) is 0. The number of alkyl halides is 1. The van der Waals surface area contributed by atoms with E-state index in [0.717, 1.165) is 19.4 Å². The van der Waals surface area contributed by atoms with E-state index in [1.807, 2.05) is 0 Å². The van der Waals surface area contributed by atoms with Crippen molar-refractivity contribution < 1.29 is 4.39 Å². The van der Waals surface area contributed by atoms with Crippen molar-refractivity contribution in [2.45, 2.75) is 70.0 Å². The second kappa shape index (κ2) is 4.82. The first-order chi connectivity index (χ1) is 7.20. The third-order valence-corrected chi connectivity index (χ3v) is 4.23. The molecule has 88 valence electrons. The molecule has 0 spiro atoms. The summed E-state index contributed by atoms with van der Waals surface area (Å²) in [4.78, 5) is 0. The maximum Gasteiger partial charge on any atom is 0.123 e. The lowest BCUT2D eigenvalue weighted by molar-refractivity contribution is 0.0510. The van der Waals surface area contributed by atoms with Crippen molar-refractivity contribution in [2.75, 3.05) is 6.54 Å². The van der Waals surface area contributed by atoms with Crippen LogP contribution in [0.5, 0.6) is 0 Å². The van der Waals surface area contributed by atoms with Gasteiger partial charge in [-0.05, 0) is 45.1 Å². The molecule has 2 fully saturated rings. The molecule has 0 radical (unpaired) electrons. The van der Waals surface area contributed by atoms with Crippen molar-refractivity contribution in [1.82, 2.24) is 5.32 Å². The van der Waals surface area contributed by atoms with E-state index in [1.54, 1.807) is 6.92 Å². The zero-order valence-corrected chi connectivity index (χ0v) is 9.90. The Hall–Kier alpha value is -0.110. The van der Waals surface area contributed by atoms with Crippen LogP contribution in [0.3, 0.4) is 0 Å². The maximum absolute atomic E-state index is 14.4. The summed E-state index contributed by atoms with van der Waals surface area (Å²) in [6, 6.07) is 0.129. The summed E-state index contributed by atoms with van der Waals surface area (Å²) in [5.74, 6) is 0.586. The number of nitrogens with one attached hydrogen (secondary N) is 1. The smallest absolute Gasteiger partial charge is 0.123 e. The van der Waals surface area contributed by atoms with Crippen LogP contribution in [0.4, 0.5) is 4.39 Å². The summed E-state index contributed by atoms with van der Waals surface area (Å²) in [6.07, 6.45) is 9.53. The molecular formula is C13H24FN. The van der Waals surface area contributed by atoms with E-state index in [2.05, 4.69) is 5.32 Å². The van der Waals surface area contributed by atoms with Gasteiger partial charge in [0, 0.05) is 6.04 Å². The molecule has 0 aromatic heterocycles. The monoisotopic (exact) mass is 213 g/mol. The second-order valence-electron chi connectivity index (χ2n) is 5.57. The number of piperidine rings is 1. The van der Waals surface area contributed by atoms with Crippen molar-refractivity contribution >= 4 is 0 Å². The van der Waals surface area contributed by atoms with Crippen LogP contribution in [0.2, 0.25) is 0 Å². The van der Waals surface area contributed by atoms with E-state index in [4.69, 9.17) is 0 Å². The molecule has 1 aliphatic carbocycles. The molecule has 2 rings (SSSR count). The Morgan fingerprint density at radius 3 is 2.33 bits per heavy atom. The van der Waals surface area contributed by atoms with Gasteiger partial charge in [0.2, 0.25) is 0 Å². The third kappa shape index (κ3) is 2.72. The number of halogens is 1. The molecule has 2 aliphatic rings. The van der Waals surface area contributed by atoms with E-state index in [-0.39, 0.29) is 6.04 Å². The Kier molecular flexibility index (Phi) is 3.65. The Morgan fingerprint density at radius 1 is 1.07 bits per heavy atom. The average molecular weight is 213 g/mol. The van der Waals surface area contributed by atoms with Crippen LogP contribution in [0.15, 0.2) is 0 Å². The molecule has 0 aromatic carbocycles. The Morgan fingerprint density at radius 2 is 1.73 bits per heavy atom. The first-order valence-electron chi connectivity index (χ1n) is 6.62. The van der Waals surface area contributed by atoms with Crippen molar-refractivity contribution in [1.29, 1.82) is 0 Å². The number of hydrogen-bond donors (Lipinski definition) is 1. The average Bonchev–Trinajstić information content (AvgIpc) is 2.45. The lowest BCUT2D eigenvalue weighted by Gasteiger charge is -2.40. The van der Waals surface area contributed by atoms with Crippen molar-refractivity contribution in [3.63, 3.8) is 0 Å². The first-order valence-corrected chi connectivity index (χ1v) is 6.62. The molecule has 0 aromatic rings. The van der Waals surface area contributed by atoms with Crippen molar-refractivity contribution in [2.24, 2.45) is 5.92 Å². The van der Waals surface area contributed by atoms with Crippen LogP contribution in [0.1, 0.15) is 58.3 Å². The fourth-order valence-corrected chi connectivity index (χ4v) is 3.36. The van der Waals surface area contributed by atoms with Crippen molar-refractivity contribution in [3.8, 4) is 0 Å². The van der Waals surface area contributed by atoms with Crippen LogP contribution in [0, 0.1) is 5.92 Å². The zero-order chi connectivity index (χ0) is 10.7. The van der Waals surface area contributed by atoms with Gasteiger partial charge >= 0.3 is 0 Å². The van der Waals surface area contributed by atoms with Crippen LogP contribution < -0.4 is 5.32 Å². The molecule has 1 saturated carbocycles. The van der Waals surface area contributed by atoms with Gasteiger partial charge in [-0.25, -0.2) is 4.39 Å². The summed E-state index contributed by atoms with van der Waals surface area (Å²) < 4.78 is 14.4. The standard InChI is InChI=1S/C13H24FN/c1-13(14)9-6-10-15-12(13)11-7-4-2-3-5-8-11/h11-12,15H,2-10H2,1H3. The van der Waals surface area contributed by atoms with Crippen LogP contribution in [0.25, 0.3) is 0 Å². The molecule has 1 aliphatic heterocycles. The van der Waals surface area contributed by atoms with E-state index in [9.17, 15) is 4.39 Å². The fourth-order valence-electron chi connectivity index (χ4n) is 3.36. The van der Waals surface area contributed by atoms with E-state index in [0.29, 0.717) is 5.92 Å². The van der Waals surface area contributed by atoms with Gasteiger partial charge in [0.15, 0.2) is 0 Å². The van der Waals surface area contributed by atoms with Gasteiger partial charge in [-0.1, -0.05) is 25.7 Å². The minimum Gasteiger partial charge on any atom is -0.311 e. The lowest BCUT2D eigenvalue weighted by Crippen LogP contribution is -2.54. The predicted molar refractivity (Wildman–Crippen MR) is 61.7 cm³/mol. The molecule has 1 nitrogen and oxygen atoms in total. The highest BCUT2D eigenvalue weighted by atomic mass is 19.1. The first kappa shape index (κ1) is 11.4. The normalized spacial score (nSPS) is 40.0. The van der Waals surface area contributed by atoms with Crippen LogP contribution >= 0.6 is 0 Å². The van der Waals surface area contributed by atoms with Gasteiger partial charge in [-0.2, -0.15) is 0 Å². The van der Waals surface area contributed by atoms with E-state index < -0.39 is 5.67 Å². The highest BCUT2D eigenvalue weighted by Gasteiger charge is 2.40. The largest absolute Gasteiger partial charge is 0.311 e. The molecule has 2 atom stereocenters. The summed E-state index contributed by atoms with van der Waals surface area (Å²) in [5.41, 5.74) is -0.965. The molecule has 1 heterocycles. The highest BCUT2D eigenvalue weighted by molar-refractivity contribution is 4.96. The summed E-state index contributed by atoms with van der Waals surface area (Å²) in [6.45, 7) is 2.81. The molecule has 2 heteroatoms. The quantitative estimate of drug-likeness (QED) is 0.658. The maximum atomic E-state index is 14.4. The van der Waals surface area contributed by atoms with Gasteiger partial charge in [0.25, 0.3) is 0 Å². The van der Waals surface area contributed by atoms with Gasteiger partial charge in [-0.3, -0.25) is 0 Å². The summed E-state index contributed by atoms with van der Waals surface area (Å²) in [5, 5.41) is 3.43. The molecule has 15 heavy (non-hydrogen) atoms. The van der Waals surface area contributed by atoms with Crippen LogP contribution in [-0.2, 0) is 0 Å².